The molecule has 1 aromatic carbocycles. The highest BCUT2D eigenvalue weighted by Gasteiger charge is 2.47. The van der Waals surface area contributed by atoms with Crippen LogP contribution in [0.2, 0.25) is 0 Å². The van der Waals surface area contributed by atoms with E-state index in [0.717, 1.165) is 11.1 Å². The van der Waals surface area contributed by atoms with Crippen molar-refractivity contribution in [2.24, 2.45) is 5.41 Å². The van der Waals surface area contributed by atoms with E-state index < -0.39 is 17.4 Å². The first kappa shape index (κ1) is 17.2. The van der Waals surface area contributed by atoms with Gasteiger partial charge in [0.2, 0.25) is 0 Å². The number of rotatable bonds is 7. The molecule has 0 bridgehead atoms. The minimum Gasteiger partial charge on any atom is -0.465 e. The molecule has 0 aliphatic heterocycles. The summed E-state index contributed by atoms with van der Waals surface area (Å²) in [6.07, 6.45) is 0.639. The maximum absolute atomic E-state index is 12.4. The van der Waals surface area contributed by atoms with Crippen molar-refractivity contribution in [1.29, 1.82) is 0 Å². The van der Waals surface area contributed by atoms with E-state index in [0.29, 0.717) is 12.8 Å². The van der Waals surface area contributed by atoms with Crippen LogP contribution in [-0.2, 0) is 25.5 Å². The summed E-state index contributed by atoms with van der Waals surface area (Å²) in [6, 6.07) is 7.79. The molecule has 0 heterocycles. The third kappa shape index (κ3) is 4.06. The predicted octanol–water partition coefficient (Wildman–Crippen LogP) is 3.06. The molecule has 0 atom stereocenters. The molecule has 4 nitrogen and oxygen atoms in total. The minimum absolute atomic E-state index is 0.244. The van der Waals surface area contributed by atoms with Crippen molar-refractivity contribution < 1.29 is 19.1 Å². The van der Waals surface area contributed by atoms with Crippen LogP contribution in [-0.4, -0.2) is 25.2 Å². The second kappa shape index (κ2) is 7.81. The number of carbonyl (C=O) groups is 2. The maximum Gasteiger partial charge on any atom is 0.323 e. The highest BCUT2D eigenvalue weighted by Crippen LogP contribution is 2.31. The molecule has 0 fully saturated rings. The highest BCUT2D eigenvalue weighted by molar-refractivity contribution is 6.00. The Kier molecular flexibility index (Phi) is 6.40. The fraction of sp³-hybridized carbons (Fsp3) is 0.529. The van der Waals surface area contributed by atoms with Crippen molar-refractivity contribution in [1.82, 2.24) is 0 Å². The Morgan fingerprint density at radius 1 is 0.952 bits per heavy atom. The van der Waals surface area contributed by atoms with Gasteiger partial charge in [0.25, 0.3) is 0 Å². The SMILES string of the molecule is CCOC(=O)C(CC)(Cc1ccc(C)cc1)C(=O)OCC. The van der Waals surface area contributed by atoms with Gasteiger partial charge < -0.3 is 9.47 Å². The lowest BCUT2D eigenvalue weighted by Gasteiger charge is -2.28. The fourth-order valence-corrected chi connectivity index (χ4v) is 2.23. The average Bonchev–Trinajstić information content (AvgIpc) is 2.47. The quantitative estimate of drug-likeness (QED) is 0.572. The van der Waals surface area contributed by atoms with Crippen LogP contribution in [0, 0.1) is 12.3 Å². The number of hydrogen-bond acceptors (Lipinski definition) is 4. The van der Waals surface area contributed by atoms with Gasteiger partial charge in [0.15, 0.2) is 5.41 Å². The van der Waals surface area contributed by atoms with Gasteiger partial charge in [-0.2, -0.15) is 0 Å². The molecule has 0 saturated carbocycles. The molecular formula is C17H24O4. The summed E-state index contributed by atoms with van der Waals surface area (Å²) in [5.41, 5.74) is 0.790. The molecule has 1 aromatic rings. The van der Waals surface area contributed by atoms with Gasteiger partial charge in [-0.25, -0.2) is 0 Å². The maximum atomic E-state index is 12.4. The largest absolute Gasteiger partial charge is 0.465 e. The van der Waals surface area contributed by atoms with Gasteiger partial charge in [0, 0.05) is 0 Å². The number of benzene rings is 1. The monoisotopic (exact) mass is 292 g/mol. The van der Waals surface area contributed by atoms with Crippen molar-refractivity contribution in [3.63, 3.8) is 0 Å². The molecule has 0 aromatic heterocycles. The first-order valence-electron chi connectivity index (χ1n) is 7.40. The van der Waals surface area contributed by atoms with Crippen molar-refractivity contribution in [3.05, 3.63) is 35.4 Å². The Labute approximate surface area is 126 Å². The van der Waals surface area contributed by atoms with Crippen LogP contribution >= 0.6 is 0 Å². The second-order valence-corrected chi connectivity index (χ2v) is 5.04. The smallest absolute Gasteiger partial charge is 0.323 e. The van der Waals surface area contributed by atoms with Crippen molar-refractivity contribution >= 4 is 11.9 Å². The summed E-state index contributed by atoms with van der Waals surface area (Å²) in [5, 5.41) is 0. The van der Waals surface area contributed by atoms with Crippen LogP contribution < -0.4 is 0 Å². The van der Waals surface area contributed by atoms with Gasteiger partial charge in [-0.05, 0) is 39.2 Å². The van der Waals surface area contributed by atoms with E-state index in [4.69, 9.17) is 9.47 Å². The molecule has 0 aliphatic carbocycles. The van der Waals surface area contributed by atoms with Crippen LogP contribution in [0.25, 0.3) is 0 Å². The summed E-state index contributed by atoms with van der Waals surface area (Å²) in [4.78, 5) is 24.7. The molecule has 4 heteroatoms. The van der Waals surface area contributed by atoms with Gasteiger partial charge in [-0.1, -0.05) is 36.8 Å². The first-order valence-corrected chi connectivity index (χ1v) is 7.40. The normalized spacial score (nSPS) is 11.0. The van der Waals surface area contributed by atoms with Gasteiger partial charge in [-0.3, -0.25) is 9.59 Å². The van der Waals surface area contributed by atoms with E-state index >= 15 is 0 Å². The van der Waals surface area contributed by atoms with Crippen molar-refractivity contribution in [2.75, 3.05) is 13.2 Å². The Morgan fingerprint density at radius 2 is 1.43 bits per heavy atom. The number of esters is 2. The van der Waals surface area contributed by atoms with Crippen LogP contribution in [0.3, 0.4) is 0 Å². The van der Waals surface area contributed by atoms with E-state index in [9.17, 15) is 9.59 Å². The highest BCUT2D eigenvalue weighted by atomic mass is 16.6. The zero-order valence-corrected chi connectivity index (χ0v) is 13.3. The zero-order chi connectivity index (χ0) is 15.9. The summed E-state index contributed by atoms with van der Waals surface area (Å²) in [5.74, 6) is -1.02. The Hall–Kier alpha value is -1.84. The van der Waals surface area contributed by atoms with E-state index in [1.807, 2.05) is 38.1 Å². The topological polar surface area (TPSA) is 52.6 Å². The lowest BCUT2D eigenvalue weighted by atomic mass is 9.79. The predicted molar refractivity (Wildman–Crippen MR) is 80.9 cm³/mol. The minimum atomic E-state index is -1.26. The second-order valence-electron chi connectivity index (χ2n) is 5.04. The average molecular weight is 292 g/mol. The number of hydrogen-bond donors (Lipinski definition) is 0. The Bertz CT molecular complexity index is 458. The molecular weight excluding hydrogens is 268 g/mol. The third-order valence-electron chi connectivity index (χ3n) is 3.56. The van der Waals surface area contributed by atoms with Crippen LogP contribution in [0.4, 0.5) is 0 Å². The summed E-state index contributed by atoms with van der Waals surface area (Å²) in [6.45, 7) is 7.75. The molecule has 0 spiro atoms. The fourth-order valence-electron chi connectivity index (χ4n) is 2.23. The van der Waals surface area contributed by atoms with Crippen LogP contribution in [0.5, 0.6) is 0 Å². The van der Waals surface area contributed by atoms with E-state index in [1.54, 1.807) is 13.8 Å². The van der Waals surface area contributed by atoms with Gasteiger partial charge in [0.05, 0.1) is 13.2 Å². The van der Waals surface area contributed by atoms with Crippen molar-refractivity contribution in [3.8, 4) is 0 Å². The van der Waals surface area contributed by atoms with Gasteiger partial charge in [0.1, 0.15) is 0 Å². The van der Waals surface area contributed by atoms with Crippen LogP contribution in [0.15, 0.2) is 24.3 Å². The molecule has 0 N–H and O–H groups in total. The molecule has 0 aliphatic rings. The molecule has 0 radical (unpaired) electrons. The van der Waals surface area contributed by atoms with Crippen LogP contribution in [0.1, 0.15) is 38.3 Å². The standard InChI is InChI=1S/C17H24O4/c1-5-17(15(18)20-6-2,16(19)21-7-3)12-14-10-8-13(4)9-11-14/h8-11H,5-7,12H2,1-4H3. The summed E-state index contributed by atoms with van der Waals surface area (Å²) >= 11 is 0. The Morgan fingerprint density at radius 3 is 1.81 bits per heavy atom. The van der Waals surface area contributed by atoms with E-state index in [2.05, 4.69) is 0 Å². The number of carbonyl (C=O) groups excluding carboxylic acids is 2. The zero-order valence-electron chi connectivity index (χ0n) is 13.3. The van der Waals surface area contributed by atoms with E-state index in [1.165, 1.54) is 0 Å². The molecule has 0 amide bonds. The Balaban J connectivity index is 3.12. The summed E-state index contributed by atoms with van der Waals surface area (Å²) in [7, 11) is 0. The lowest BCUT2D eigenvalue weighted by Crippen LogP contribution is -2.43. The molecule has 116 valence electrons. The van der Waals surface area contributed by atoms with Crippen molar-refractivity contribution in [2.45, 2.75) is 40.5 Å². The molecule has 21 heavy (non-hydrogen) atoms. The lowest BCUT2D eigenvalue weighted by molar-refractivity contribution is -0.172. The first-order chi connectivity index (χ1) is 10.00. The third-order valence-corrected chi connectivity index (χ3v) is 3.56. The van der Waals surface area contributed by atoms with E-state index in [-0.39, 0.29) is 13.2 Å². The molecule has 0 saturated heterocycles. The molecule has 1 rings (SSSR count). The molecule has 0 unspecified atom stereocenters. The van der Waals surface area contributed by atoms with Gasteiger partial charge >= 0.3 is 11.9 Å². The number of ether oxygens (including phenoxy) is 2. The van der Waals surface area contributed by atoms with Gasteiger partial charge in [-0.15, -0.1) is 0 Å². The number of aryl methyl sites for hydroxylation is 1. The summed E-state index contributed by atoms with van der Waals surface area (Å²) < 4.78 is 10.2.